The van der Waals surface area contributed by atoms with Crippen LogP contribution in [0.3, 0.4) is 0 Å². The van der Waals surface area contributed by atoms with Crippen LogP contribution in [-0.4, -0.2) is 6.04 Å². The smallest absolute Gasteiger partial charge is 0.130 e. The monoisotopic (exact) mass is 287 g/mol. The Hall–Kier alpha value is -1.58. The molecule has 3 heteroatoms. The minimum atomic E-state index is 0.0637. The number of hydrogen-bond donors (Lipinski definition) is 1. The second kappa shape index (κ2) is 7.43. The molecular formula is C18H25NO2. The van der Waals surface area contributed by atoms with Gasteiger partial charge < -0.3 is 14.5 Å². The molecule has 2 rings (SSSR count). The lowest BCUT2D eigenvalue weighted by Crippen LogP contribution is -2.21. The molecule has 21 heavy (non-hydrogen) atoms. The van der Waals surface area contributed by atoms with Crippen molar-refractivity contribution in [2.75, 3.05) is 0 Å². The number of hydrogen-bond acceptors (Lipinski definition) is 3. The summed E-state index contributed by atoms with van der Waals surface area (Å²) < 4.78 is 11.8. The molecule has 1 atom stereocenters. The molecule has 0 aliphatic heterocycles. The second-order valence-corrected chi connectivity index (χ2v) is 5.72. The highest BCUT2D eigenvalue weighted by molar-refractivity contribution is 5.20. The van der Waals surface area contributed by atoms with Gasteiger partial charge in [0.05, 0.1) is 12.6 Å². The van der Waals surface area contributed by atoms with Crippen LogP contribution in [0.15, 0.2) is 40.8 Å². The average molecular weight is 287 g/mol. The minimum absolute atomic E-state index is 0.0637. The normalized spacial score (nSPS) is 12.8. The van der Waals surface area contributed by atoms with Gasteiger partial charge in [-0.25, -0.2) is 0 Å². The van der Waals surface area contributed by atoms with Crippen molar-refractivity contribution < 1.29 is 9.15 Å². The Kier molecular flexibility index (Phi) is 5.59. The first kappa shape index (κ1) is 15.8. The molecule has 0 aliphatic carbocycles. The van der Waals surface area contributed by atoms with Gasteiger partial charge in [0, 0.05) is 6.04 Å². The largest absolute Gasteiger partial charge is 0.462 e. The molecule has 1 aromatic heterocycles. The van der Waals surface area contributed by atoms with E-state index in [-0.39, 0.29) is 6.10 Å². The van der Waals surface area contributed by atoms with Crippen LogP contribution in [0.2, 0.25) is 0 Å². The van der Waals surface area contributed by atoms with Crippen LogP contribution in [0, 0.1) is 6.92 Å². The zero-order valence-corrected chi connectivity index (χ0v) is 13.3. The van der Waals surface area contributed by atoms with E-state index in [9.17, 15) is 0 Å². The van der Waals surface area contributed by atoms with Gasteiger partial charge in [-0.2, -0.15) is 0 Å². The van der Waals surface area contributed by atoms with Crippen LogP contribution in [0.4, 0.5) is 0 Å². The Labute approximate surface area is 127 Å². The fourth-order valence-electron chi connectivity index (χ4n) is 2.16. The van der Waals surface area contributed by atoms with Gasteiger partial charge in [0.25, 0.3) is 0 Å². The van der Waals surface area contributed by atoms with E-state index in [2.05, 4.69) is 51.2 Å². The van der Waals surface area contributed by atoms with Crippen LogP contribution < -0.4 is 5.32 Å². The maximum atomic E-state index is 5.89. The molecule has 1 unspecified atom stereocenters. The van der Waals surface area contributed by atoms with Gasteiger partial charge in [-0.05, 0) is 31.0 Å². The summed E-state index contributed by atoms with van der Waals surface area (Å²) in [5.74, 6) is 1.88. The molecule has 2 aromatic rings. The van der Waals surface area contributed by atoms with Gasteiger partial charge in [0.15, 0.2) is 0 Å². The van der Waals surface area contributed by atoms with E-state index < -0.39 is 0 Å². The summed E-state index contributed by atoms with van der Waals surface area (Å²) in [6.07, 6.45) is 0.0637. The SMILES string of the molecule is Cc1cc(COC(C)c2ccccc2)oc1CNC(C)C. The Morgan fingerprint density at radius 1 is 1.14 bits per heavy atom. The third-order valence-electron chi connectivity index (χ3n) is 3.49. The quantitative estimate of drug-likeness (QED) is 0.821. The second-order valence-electron chi connectivity index (χ2n) is 5.72. The van der Waals surface area contributed by atoms with Crippen molar-refractivity contribution in [3.8, 4) is 0 Å². The van der Waals surface area contributed by atoms with Crippen molar-refractivity contribution >= 4 is 0 Å². The Bertz CT molecular complexity index is 546. The predicted octanol–water partition coefficient (Wildman–Crippen LogP) is 4.36. The zero-order valence-electron chi connectivity index (χ0n) is 13.3. The van der Waals surface area contributed by atoms with Crippen LogP contribution in [-0.2, 0) is 17.9 Å². The van der Waals surface area contributed by atoms with Gasteiger partial charge in [-0.15, -0.1) is 0 Å². The van der Waals surface area contributed by atoms with Crippen molar-refractivity contribution in [3.05, 3.63) is 59.0 Å². The standard InChI is InChI=1S/C18H25NO2/c1-13(2)19-11-18-14(3)10-17(21-18)12-20-15(4)16-8-6-5-7-9-16/h5-10,13,15,19H,11-12H2,1-4H3. The summed E-state index contributed by atoms with van der Waals surface area (Å²) in [4.78, 5) is 0. The van der Waals surface area contributed by atoms with Crippen molar-refractivity contribution in [2.24, 2.45) is 0 Å². The maximum absolute atomic E-state index is 5.89. The highest BCUT2D eigenvalue weighted by Gasteiger charge is 2.10. The molecule has 1 heterocycles. The van der Waals surface area contributed by atoms with Gasteiger partial charge in [-0.1, -0.05) is 44.2 Å². The summed E-state index contributed by atoms with van der Waals surface area (Å²) in [5.41, 5.74) is 2.36. The first-order valence-corrected chi connectivity index (χ1v) is 7.54. The van der Waals surface area contributed by atoms with Crippen molar-refractivity contribution in [3.63, 3.8) is 0 Å². The minimum Gasteiger partial charge on any atom is -0.462 e. The predicted molar refractivity (Wildman–Crippen MR) is 85.1 cm³/mol. The molecule has 0 radical (unpaired) electrons. The Balaban J connectivity index is 1.90. The molecule has 3 nitrogen and oxygen atoms in total. The lowest BCUT2D eigenvalue weighted by Gasteiger charge is -2.12. The van der Waals surface area contributed by atoms with Crippen molar-refractivity contribution in [2.45, 2.75) is 53.0 Å². The average Bonchev–Trinajstić information content (AvgIpc) is 2.84. The highest BCUT2D eigenvalue weighted by atomic mass is 16.5. The Morgan fingerprint density at radius 2 is 1.86 bits per heavy atom. The first-order valence-electron chi connectivity index (χ1n) is 7.54. The highest BCUT2D eigenvalue weighted by Crippen LogP contribution is 2.21. The number of rotatable bonds is 7. The van der Waals surface area contributed by atoms with Crippen molar-refractivity contribution in [1.82, 2.24) is 5.32 Å². The molecule has 0 saturated heterocycles. The topological polar surface area (TPSA) is 34.4 Å². The van der Waals surface area contributed by atoms with E-state index in [0.717, 1.165) is 18.1 Å². The van der Waals surface area contributed by atoms with Crippen LogP contribution in [0.1, 0.15) is 49.5 Å². The molecule has 114 valence electrons. The van der Waals surface area contributed by atoms with Gasteiger partial charge in [-0.3, -0.25) is 0 Å². The summed E-state index contributed by atoms with van der Waals surface area (Å²) >= 11 is 0. The molecule has 1 aromatic carbocycles. The third-order valence-corrected chi connectivity index (χ3v) is 3.49. The lowest BCUT2D eigenvalue weighted by atomic mass is 10.1. The first-order chi connectivity index (χ1) is 10.1. The number of ether oxygens (including phenoxy) is 1. The maximum Gasteiger partial charge on any atom is 0.130 e. The number of nitrogens with one attached hydrogen (secondary N) is 1. The molecule has 0 spiro atoms. The molecular weight excluding hydrogens is 262 g/mol. The molecule has 0 aliphatic rings. The summed E-state index contributed by atoms with van der Waals surface area (Å²) in [7, 11) is 0. The molecule has 0 saturated carbocycles. The molecule has 1 N–H and O–H groups in total. The van der Waals surface area contributed by atoms with Gasteiger partial charge in [0.2, 0.25) is 0 Å². The summed E-state index contributed by atoms with van der Waals surface area (Å²) in [6.45, 7) is 9.65. The summed E-state index contributed by atoms with van der Waals surface area (Å²) in [6, 6.07) is 12.7. The summed E-state index contributed by atoms with van der Waals surface area (Å²) in [5, 5.41) is 3.37. The number of furan rings is 1. The molecule has 0 amide bonds. The van der Waals surface area contributed by atoms with E-state index in [1.54, 1.807) is 0 Å². The van der Waals surface area contributed by atoms with Crippen LogP contribution in [0.5, 0.6) is 0 Å². The zero-order chi connectivity index (χ0) is 15.2. The van der Waals surface area contributed by atoms with Crippen molar-refractivity contribution in [1.29, 1.82) is 0 Å². The fraction of sp³-hybridized carbons (Fsp3) is 0.444. The Morgan fingerprint density at radius 3 is 2.52 bits per heavy atom. The third kappa shape index (κ3) is 4.73. The van der Waals surface area contributed by atoms with E-state index in [4.69, 9.17) is 9.15 Å². The van der Waals surface area contributed by atoms with Crippen LogP contribution >= 0.6 is 0 Å². The van der Waals surface area contributed by atoms with Crippen LogP contribution in [0.25, 0.3) is 0 Å². The van der Waals surface area contributed by atoms with Gasteiger partial charge >= 0.3 is 0 Å². The van der Waals surface area contributed by atoms with E-state index in [1.165, 1.54) is 11.1 Å². The number of aryl methyl sites for hydroxylation is 1. The number of benzene rings is 1. The molecule has 0 fully saturated rings. The van der Waals surface area contributed by atoms with E-state index in [0.29, 0.717) is 12.6 Å². The fourth-order valence-corrected chi connectivity index (χ4v) is 2.16. The lowest BCUT2D eigenvalue weighted by molar-refractivity contribution is 0.0414. The van der Waals surface area contributed by atoms with E-state index in [1.807, 2.05) is 18.2 Å². The molecule has 0 bridgehead atoms. The van der Waals surface area contributed by atoms with E-state index >= 15 is 0 Å². The van der Waals surface area contributed by atoms with Gasteiger partial charge in [0.1, 0.15) is 18.1 Å².